The van der Waals surface area contributed by atoms with Crippen LogP contribution in [0, 0.1) is 0 Å². The van der Waals surface area contributed by atoms with Gasteiger partial charge < -0.3 is 16.0 Å². The van der Waals surface area contributed by atoms with Crippen LogP contribution < -0.4 is 21.3 Å². The molecule has 1 fully saturated rings. The quantitative estimate of drug-likeness (QED) is 0.627. The molecule has 142 valence electrons. The summed E-state index contributed by atoms with van der Waals surface area (Å²) in [5.41, 5.74) is 1.90. The largest absolute Gasteiger partial charge is 0.355 e. The number of nitrogens with zero attached hydrogens (tertiary/aromatic N) is 1. The Kier molecular flexibility index (Phi) is 6.25. The van der Waals surface area contributed by atoms with E-state index in [0.717, 1.165) is 31.4 Å². The third kappa shape index (κ3) is 5.20. The molecule has 27 heavy (non-hydrogen) atoms. The van der Waals surface area contributed by atoms with Crippen LogP contribution in [0.25, 0.3) is 0 Å². The summed E-state index contributed by atoms with van der Waals surface area (Å²) in [5.74, 6) is 0.217. The molecule has 0 aliphatic heterocycles. The fourth-order valence-electron chi connectivity index (χ4n) is 3.14. The third-order valence-electron chi connectivity index (χ3n) is 4.47. The Morgan fingerprint density at radius 2 is 1.89 bits per heavy atom. The van der Waals surface area contributed by atoms with Crippen molar-refractivity contribution in [1.29, 1.82) is 0 Å². The van der Waals surface area contributed by atoms with E-state index in [1.807, 2.05) is 37.3 Å². The molecule has 1 aliphatic rings. The molecular formula is C20H25N5O2. The monoisotopic (exact) mass is 367 g/mol. The van der Waals surface area contributed by atoms with Crippen molar-refractivity contribution in [3.8, 4) is 0 Å². The molecule has 7 nitrogen and oxygen atoms in total. The molecule has 1 saturated carbocycles. The average Bonchev–Trinajstić information content (AvgIpc) is 3.16. The number of rotatable bonds is 6. The van der Waals surface area contributed by atoms with Crippen molar-refractivity contribution in [2.45, 2.75) is 38.6 Å². The van der Waals surface area contributed by atoms with Crippen molar-refractivity contribution in [2.24, 2.45) is 0 Å². The lowest BCUT2D eigenvalue weighted by molar-refractivity contribution is 0.0938. The van der Waals surface area contributed by atoms with Gasteiger partial charge in [-0.05, 0) is 31.9 Å². The number of hydrogen-bond acceptors (Lipinski definition) is 4. The van der Waals surface area contributed by atoms with Gasteiger partial charge in [-0.1, -0.05) is 31.0 Å². The molecule has 0 spiro atoms. The molecule has 1 aliphatic carbocycles. The number of urea groups is 1. The van der Waals surface area contributed by atoms with E-state index in [2.05, 4.69) is 26.3 Å². The van der Waals surface area contributed by atoms with Gasteiger partial charge in [0.25, 0.3) is 5.91 Å². The first-order chi connectivity index (χ1) is 13.2. The van der Waals surface area contributed by atoms with E-state index in [0.29, 0.717) is 23.6 Å². The van der Waals surface area contributed by atoms with E-state index in [9.17, 15) is 9.59 Å². The van der Waals surface area contributed by atoms with Gasteiger partial charge in [-0.3, -0.25) is 10.1 Å². The van der Waals surface area contributed by atoms with Crippen molar-refractivity contribution < 1.29 is 9.59 Å². The Morgan fingerprint density at radius 1 is 1.15 bits per heavy atom. The second-order valence-corrected chi connectivity index (χ2v) is 6.55. The number of anilines is 3. The fraction of sp³-hybridized carbons (Fsp3) is 0.350. The zero-order valence-electron chi connectivity index (χ0n) is 15.4. The van der Waals surface area contributed by atoms with Gasteiger partial charge in [-0.15, -0.1) is 0 Å². The van der Waals surface area contributed by atoms with Gasteiger partial charge >= 0.3 is 6.03 Å². The van der Waals surface area contributed by atoms with Crippen LogP contribution in [-0.2, 0) is 0 Å². The van der Waals surface area contributed by atoms with Crippen LogP contribution in [0.2, 0.25) is 0 Å². The topological polar surface area (TPSA) is 95.2 Å². The highest BCUT2D eigenvalue weighted by Gasteiger charge is 2.20. The first-order valence-corrected chi connectivity index (χ1v) is 9.33. The van der Waals surface area contributed by atoms with E-state index in [-0.39, 0.29) is 18.0 Å². The Hall–Kier alpha value is -3.09. The van der Waals surface area contributed by atoms with Crippen LogP contribution in [0.1, 0.15) is 43.0 Å². The molecule has 1 heterocycles. The predicted octanol–water partition coefficient (Wildman–Crippen LogP) is 3.64. The Bertz CT molecular complexity index is 788. The number of carbonyl (C=O) groups is 2. The lowest BCUT2D eigenvalue weighted by Crippen LogP contribution is -2.33. The predicted molar refractivity (Wildman–Crippen MR) is 106 cm³/mol. The smallest absolute Gasteiger partial charge is 0.320 e. The molecule has 1 aromatic carbocycles. The van der Waals surface area contributed by atoms with Crippen molar-refractivity contribution in [2.75, 3.05) is 17.2 Å². The maximum absolute atomic E-state index is 12.8. The van der Waals surface area contributed by atoms with E-state index >= 15 is 0 Å². The summed E-state index contributed by atoms with van der Waals surface area (Å²) in [6, 6.07) is 11.1. The van der Waals surface area contributed by atoms with Crippen LogP contribution in [0.5, 0.6) is 0 Å². The van der Waals surface area contributed by atoms with E-state index in [1.165, 1.54) is 6.20 Å². The Labute approximate surface area is 159 Å². The van der Waals surface area contributed by atoms with Crippen molar-refractivity contribution in [3.63, 3.8) is 0 Å². The molecule has 2 aromatic rings. The molecule has 0 saturated heterocycles. The summed E-state index contributed by atoms with van der Waals surface area (Å²) in [5, 5.41) is 11.7. The van der Waals surface area contributed by atoms with Crippen LogP contribution in [-0.4, -0.2) is 29.5 Å². The van der Waals surface area contributed by atoms with Crippen LogP contribution in [0.15, 0.2) is 42.6 Å². The van der Waals surface area contributed by atoms with E-state index < -0.39 is 0 Å². The molecule has 0 radical (unpaired) electrons. The molecule has 3 amide bonds. The number of amides is 3. The lowest BCUT2D eigenvalue weighted by Gasteiger charge is -2.16. The van der Waals surface area contributed by atoms with Gasteiger partial charge in [-0.25, -0.2) is 9.78 Å². The number of para-hydroxylation sites is 1. The molecule has 0 atom stereocenters. The standard InChI is InChI=1S/C20H25N5O2/c1-2-21-20(27)25-18-12-17(23-14-8-4-3-5-9-14)16(13-22-18)19(26)24-15-10-6-7-11-15/h3-5,8-9,12-13,15H,2,6-7,10-11H2,1H3,(H,24,26)(H3,21,22,23,25,27). The first-order valence-electron chi connectivity index (χ1n) is 9.33. The van der Waals surface area contributed by atoms with Gasteiger partial charge in [0.05, 0.1) is 11.3 Å². The van der Waals surface area contributed by atoms with Crippen molar-refractivity contribution >= 4 is 29.1 Å². The average molecular weight is 367 g/mol. The lowest BCUT2D eigenvalue weighted by atomic mass is 10.1. The summed E-state index contributed by atoms with van der Waals surface area (Å²) in [6.07, 6.45) is 5.81. The van der Waals surface area contributed by atoms with Crippen molar-refractivity contribution in [1.82, 2.24) is 15.6 Å². The zero-order valence-corrected chi connectivity index (χ0v) is 15.4. The molecule has 4 N–H and O–H groups in total. The number of benzene rings is 1. The van der Waals surface area contributed by atoms with Crippen LogP contribution in [0.4, 0.5) is 22.0 Å². The fourth-order valence-corrected chi connectivity index (χ4v) is 3.14. The second kappa shape index (κ2) is 9.02. The van der Waals surface area contributed by atoms with Gasteiger partial charge in [0, 0.05) is 30.5 Å². The number of carbonyl (C=O) groups excluding carboxylic acids is 2. The highest BCUT2D eigenvalue weighted by molar-refractivity contribution is 6.01. The summed E-state index contributed by atoms with van der Waals surface area (Å²) < 4.78 is 0. The Morgan fingerprint density at radius 3 is 2.59 bits per heavy atom. The molecule has 0 bridgehead atoms. The maximum atomic E-state index is 12.8. The highest BCUT2D eigenvalue weighted by Crippen LogP contribution is 2.24. The summed E-state index contributed by atoms with van der Waals surface area (Å²) >= 11 is 0. The highest BCUT2D eigenvalue weighted by atomic mass is 16.2. The Balaban J connectivity index is 1.83. The summed E-state index contributed by atoms with van der Waals surface area (Å²) in [7, 11) is 0. The normalized spacial score (nSPS) is 13.8. The van der Waals surface area contributed by atoms with Gasteiger partial charge in [0.1, 0.15) is 5.82 Å². The minimum Gasteiger partial charge on any atom is -0.355 e. The molecule has 1 aromatic heterocycles. The number of pyridine rings is 1. The third-order valence-corrected chi connectivity index (χ3v) is 4.47. The SMILES string of the molecule is CCNC(=O)Nc1cc(Nc2ccccc2)c(C(=O)NC2CCCC2)cn1. The molecule has 7 heteroatoms. The van der Waals surface area contributed by atoms with Gasteiger partial charge in [0.15, 0.2) is 0 Å². The van der Waals surface area contributed by atoms with Crippen LogP contribution in [0.3, 0.4) is 0 Å². The minimum absolute atomic E-state index is 0.155. The zero-order chi connectivity index (χ0) is 19.1. The number of aromatic nitrogens is 1. The van der Waals surface area contributed by atoms with E-state index in [1.54, 1.807) is 6.07 Å². The van der Waals surface area contributed by atoms with Crippen molar-refractivity contribution in [3.05, 3.63) is 48.2 Å². The molecule has 0 unspecified atom stereocenters. The van der Waals surface area contributed by atoms with Crippen LogP contribution >= 0.6 is 0 Å². The second-order valence-electron chi connectivity index (χ2n) is 6.55. The summed E-state index contributed by atoms with van der Waals surface area (Å²) in [4.78, 5) is 28.8. The molecule has 3 rings (SSSR count). The number of hydrogen-bond donors (Lipinski definition) is 4. The van der Waals surface area contributed by atoms with Gasteiger partial charge in [-0.2, -0.15) is 0 Å². The number of nitrogens with one attached hydrogen (secondary N) is 4. The molecular weight excluding hydrogens is 342 g/mol. The van der Waals surface area contributed by atoms with E-state index in [4.69, 9.17) is 0 Å². The summed E-state index contributed by atoms with van der Waals surface area (Å²) in [6.45, 7) is 2.36. The maximum Gasteiger partial charge on any atom is 0.320 e. The van der Waals surface area contributed by atoms with Gasteiger partial charge in [0.2, 0.25) is 0 Å². The first kappa shape index (κ1) is 18.7. The minimum atomic E-state index is -0.334.